The Hall–Kier alpha value is -0.0400. The average molecular weight is 159 g/mol. The Labute approximate surface area is 72.6 Å². The smallest absolute Gasteiger partial charge is 0.00617 e. The van der Waals surface area contributed by atoms with Gasteiger partial charge in [0.05, 0.1) is 0 Å². The molecule has 0 saturated carbocycles. The van der Waals surface area contributed by atoms with Gasteiger partial charge in [-0.15, -0.1) is 0 Å². The van der Waals surface area contributed by atoms with Crippen LogP contribution in [0.5, 0.6) is 0 Å². The van der Waals surface area contributed by atoms with Gasteiger partial charge in [-0.3, -0.25) is 0 Å². The molecule has 0 amide bonds. The zero-order chi connectivity index (χ0) is 9.28. The van der Waals surface area contributed by atoms with Gasteiger partial charge in [-0.2, -0.15) is 0 Å². The van der Waals surface area contributed by atoms with Crippen molar-refractivity contribution >= 4 is 0 Å². The minimum Gasteiger partial charge on any atom is -0.314 e. The quantitative estimate of drug-likeness (QED) is 0.665. The molecule has 0 spiro atoms. The summed E-state index contributed by atoms with van der Waals surface area (Å²) in [6.45, 7) is 14.1. The van der Waals surface area contributed by atoms with Crippen molar-refractivity contribution in [3.05, 3.63) is 0 Å². The Kier molecular flexibility index (Phi) is 12.3. The predicted octanol–water partition coefficient (Wildman–Crippen LogP) is 3.06. The van der Waals surface area contributed by atoms with E-state index in [1.54, 1.807) is 0 Å². The van der Waals surface area contributed by atoms with Crippen LogP contribution in [0.25, 0.3) is 0 Å². The van der Waals surface area contributed by atoms with Crippen molar-refractivity contribution in [2.75, 3.05) is 6.54 Å². The molecule has 0 radical (unpaired) electrons. The summed E-state index contributed by atoms with van der Waals surface area (Å²) < 4.78 is 0. The van der Waals surface area contributed by atoms with Crippen LogP contribution in [0.3, 0.4) is 0 Å². The summed E-state index contributed by atoms with van der Waals surface area (Å²) in [5.41, 5.74) is 0. The second-order valence-electron chi connectivity index (χ2n) is 2.99. The highest BCUT2D eigenvalue weighted by Crippen LogP contribution is 1.98. The first-order valence-electron chi connectivity index (χ1n) is 4.91. The summed E-state index contributed by atoms with van der Waals surface area (Å²) in [5.74, 6) is 0.761. The highest BCUT2D eigenvalue weighted by Gasteiger charge is 2.03. The molecule has 0 bridgehead atoms. The molecule has 0 heterocycles. The van der Waals surface area contributed by atoms with Crippen LogP contribution in [-0.2, 0) is 0 Å². The van der Waals surface area contributed by atoms with E-state index in [1.165, 1.54) is 6.42 Å². The normalized spacial score (nSPS) is 12.3. The van der Waals surface area contributed by atoms with Gasteiger partial charge in [0, 0.05) is 6.04 Å². The van der Waals surface area contributed by atoms with E-state index in [1.807, 2.05) is 13.8 Å². The van der Waals surface area contributed by atoms with E-state index in [4.69, 9.17) is 0 Å². The second kappa shape index (κ2) is 9.96. The zero-order valence-corrected chi connectivity index (χ0v) is 9.07. The van der Waals surface area contributed by atoms with E-state index in [0.29, 0.717) is 6.04 Å². The van der Waals surface area contributed by atoms with E-state index in [0.717, 1.165) is 12.5 Å². The van der Waals surface area contributed by atoms with Gasteiger partial charge >= 0.3 is 0 Å². The molecule has 11 heavy (non-hydrogen) atoms. The molecule has 0 aliphatic heterocycles. The maximum atomic E-state index is 3.43. The Bertz CT molecular complexity index is 59.9. The molecule has 0 aromatic heterocycles. The third-order valence-corrected chi connectivity index (χ3v) is 1.72. The van der Waals surface area contributed by atoms with Crippen molar-refractivity contribution in [1.82, 2.24) is 5.32 Å². The van der Waals surface area contributed by atoms with E-state index in [2.05, 4.69) is 33.0 Å². The molecule has 0 aromatic carbocycles. The Morgan fingerprint density at radius 3 is 1.82 bits per heavy atom. The highest BCUT2D eigenvalue weighted by atomic mass is 14.9. The van der Waals surface area contributed by atoms with Gasteiger partial charge < -0.3 is 5.32 Å². The number of hydrogen-bond acceptors (Lipinski definition) is 1. The van der Waals surface area contributed by atoms with E-state index < -0.39 is 0 Å². The second-order valence-corrected chi connectivity index (χ2v) is 2.99. The molecule has 0 aliphatic rings. The molecule has 0 rings (SSSR count). The first-order chi connectivity index (χ1) is 5.18. The van der Waals surface area contributed by atoms with Crippen molar-refractivity contribution in [1.29, 1.82) is 0 Å². The van der Waals surface area contributed by atoms with Crippen molar-refractivity contribution in [2.24, 2.45) is 5.92 Å². The summed E-state index contributed by atoms with van der Waals surface area (Å²) >= 11 is 0. The maximum absolute atomic E-state index is 3.43. The van der Waals surface area contributed by atoms with E-state index >= 15 is 0 Å². The molecule has 1 unspecified atom stereocenters. The van der Waals surface area contributed by atoms with Gasteiger partial charge in [0.1, 0.15) is 0 Å². The Morgan fingerprint density at radius 2 is 1.55 bits per heavy atom. The van der Waals surface area contributed by atoms with Crippen LogP contribution in [0.2, 0.25) is 0 Å². The lowest BCUT2D eigenvalue weighted by Gasteiger charge is -2.16. The fourth-order valence-corrected chi connectivity index (χ4v) is 0.608. The van der Waals surface area contributed by atoms with Crippen LogP contribution in [0, 0.1) is 5.92 Å². The minimum absolute atomic E-state index is 0.671. The lowest BCUT2D eigenvalue weighted by Crippen LogP contribution is -2.31. The largest absolute Gasteiger partial charge is 0.314 e. The zero-order valence-electron chi connectivity index (χ0n) is 9.07. The first kappa shape index (κ1) is 13.5. The van der Waals surface area contributed by atoms with Crippen molar-refractivity contribution in [3.8, 4) is 0 Å². The predicted molar refractivity (Wildman–Crippen MR) is 53.9 cm³/mol. The minimum atomic E-state index is 0.671. The molecular weight excluding hydrogens is 134 g/mol. The number of rotatable bonds is 4. The Balaban J connectivity index is 0. The summed E-state index contributed by atoms with van der Waals surface area (Å²) in [6.07, 6.45) is 1.23. The summed E-state index contributed by atoms with van der Waals surface area (Å²) in [5, 5.41) is 3.43. The van der Waals surface area contributed by atoms with Crippen LogP contribution in [0.4, 0.5) is 0 Å². The fourth-order valence-electron chi connectivity index (χ4n) is 0.608. The molecular formula is C10H25N. The molecule has 1 heteroatoms. The van der Waals surface area contributed by atoms with E-state index in [-0.39, 0.29) is 0 Å². The lowest BCUT2D eigenvalue weighted by atomic mass is 10.1. The maximum Gasteiger partial charge on any atom is 0.00617 e. The van der Waals surface area contributed by atoms with Gasteiger partial charge in [-0.05, 0) is 25.8 Å². The summed E-state index contributed by atoms with van der Waals surface area (Å²) in [7, 11) is 0. The molecule has 70 valence electrons. The SMILES string of the molecule is CC.CCCNC(C)C(C)C. The molecule has 0 aliphatic carbocycles. The Morgan fingerprint density at radius 1 is 1.09 bits per heavy atom. The van der Waals surface area contributed by atoms with Crippen LogP contribution in [0.15, 0.2) is 0 Å². The monoisotopic (exact) mass is 159 g/mol. The third-order valence-electron chi connectivity index (χ3n) is 1.72. The third kappa shape index (κ3) is 9.96. The van der Waals surface area contributed by atoms with Crippen LogP contribution in [0.1, 0.15) is 48.0 Å². The van der Waals surface area contributed by atoms with Gasteiger partial charge in [-0.1, -0.05) is 34.6 Å². The number of hydrogen-bond donors (Lipinski definition) is 1. The fraction of sp³-hybridized carbons (Fsp3) is 1.00. The molecule has 1 atom stereocenters. The molecule has 1 N–H and O–H groups in total. The van der Waals surface area contributed by atoms with Gasteiger partial charge in [0.25, 0.3) is 0 Å². The topological polar surface area (TPSA) is 12.0 Å². The van der Waals surface area contributed by atoms with Crippen molar-refractivity contribution in [3.63, 3.8) is 0 Å². The standard InChI is InChI=1S/C8H19N.C2H6/c1-5-6-9-8(4)7(2)3;1-2/h7-9H,5-6H2,1-4H3;1-2H3. The van der Waals surface area contributed by atoms with Crippen LogP contribution in [-0.4, -0.2) is 12.6 Å². The van der Waals surface area contributed by atoms with Gasteiger partial charge in [-0.25, -0.2) is 0 Å². The van der Waals surface area contributed by atoms with Crippen molar-refractivity contribution < 1.29 is 0 Å². The molecule has 0 aromatic rings. The van der Waals surface area contributed by atoms with Crippen molar-refractivity contribution in [2.45, 2.75) is 54.0 Å². The van der Waals surface area contributed by atoms with Crippen LogP contribution < -0.4 is 5.32 Å². The molecule has 1 nitrogen and oxygen atoms in total. The highest BCUT2D eigenvalue weighted by molar-refractivity contribution is 4.62. The average Bonchev–Trinajstić information content (AvgIpc) is 2.03. The summed E-state index contributed by atoms with van der Waals surface area (Å²) in [6, 6.07) is 0.671. The molecule has 0 fully saturated rings. The lowest BCUT2D eigenvalue weighted by molar-refractivity contribution is 0.428. The first-order valence-corrected chi connectivity index (χ1v) is 4.91. The summed E-state index contributed by atoms with van der Waals surface area (Å²) in [4.78, 5) is 0. The number of nitrogens with one attached hydrogen (secondary N) is 1. The van der Waals surface area contributed by atoms with Gasteiger partial charge in [0.15, 0.2) is 0 Å². The van der Waals surface area contributed by atoms with E-state index in [9.17, 15) is 0 Å². The molecule has 0 saturated heterocycles. The van der Waals surface area contributed by atoms with Crippen LogP contribution >= 0.6 is 0 Å². The van der Waals surface area contributed by atoms with Gasteiger partial charge in [0.2, 0.25) is 0 Å².